The summed E-state index contributed by atoms with van der Waals surface area (Å²) in [5.74, 6) is 1.68. The van der Waals surface area contributed by atoms with Crippen molar-refractivity contribution in [3.05, 3.63) is 53.6 Å². The van der Waals surface area contributed by atoms with E-state index in [4.69, 9.17) is 8.83 Å². The van der Waals surface area contributed by atoms with E-state index in [1.54, 1.807) is 34.6 Å². The van der Waals surface area contributed by atoms with Gasteiger partial charge in [0.2, 0.25) is 5.89 Å². The molecule has 0 aromatic carbocycles. The Bertz CT molecular complexity index is 1070. The number of aromatic nitrogens is 4. The topological polar surface area (TPSA) is 101 Å². The Hall–Kier alpha value is -3.20. The van der Waals surface area contributed by atoms with Crippen molar-refractivity contribution < 1.29 is 13.6 Å². The largest absolute Gasteiger partial charge is 0.463 e. The van der Waals surface area contributed by atoms with Crippen LogP contribution in [0.2, 0.25) is 0 Å². The van der Waals surface area contributed by atoms with Crippen molar-refractivity contribution in [2.24, 2.45) is 0 Å². The molecule has 5 rings (SSSR count). The third-order valence-electron chi connectivity index (χ3n) is 4.81. The van der Waals surface area contributed by atoms with Gasteiger partial charge in [-0.25, -0.2) is 0 Å². The fourth-order valence-corrected chi connectivity index (χ4v) is 4.06. The van der Waals surface area contributed by atoms with Crippen molar-refractivity contribution in [2.45, 2.75) is 18.8 Å². The number of H-pyrrole nitrogens is 1. The minimum Gasteiger partial charge on any atom is -0.463 e. The van der Waals surface area contributed by atoms with E-state index in [0.717, 1.165) is 17.7 Å². The lowest BCUT2D eigenvalue weighted by Crippen LogP contribution is -2.39. The molecule has 0 radical (unpaired) electrons. The first-order chi connectivity index (χ1) is 13.8. The average Bonchev–Trinajstić information content (AvgIpc) is 3.52. The normalized spacial score (nSPS) is 17.1. The van der Waals surface area contributed by atoms with Crippen molar-refractivity contribution in [1.82, 2.24) is 25.3 Å². The second-order valence-corrected chi connectivity index (χ2v) is 7.60. The van der Waals surface area contributed by atoms with Gasteiger partial charge in [-0.05, 0) is 36.4 Å². The van der Waals surface area contributed by atoms with Gasteiger partial charge < -0.3 is 13.7 Å². The minimum absolute atomic E-state index is 0.0300. The summed E-state index contributed by atoms with van der Waals surface area (Å²) in [4.78, 5) is 15.6. The molecule has 1 saturated heterocycles. The highest BCUT2D eigenvalue weighted by atomic mass is 32.1. The third kappa shape index (κ3) is 3.13. The number of carbonyl (C=O) groups excluding carboxylic acids is 1. The van der Waals surface area contributed by atoms with Crippen LogP contribution < -0.4 is 0 Å². The number of hydrogen-bond donors (Lipinski definition) is 1. The minimum atomic E-state index is -0.114. The molecule has 0 spiro atoms. The fraction of sp³-hybridized carbons (Fsp3) is 0.263. The molecular weight excluding hydrogens is 378 g/mol. The van der Waals surface area contributed by atoms with Crippen molar-refractivity contribution >= 4 is 17.2 Å². The molecule has 1 amide bonds. The number of rotatable bonds is 4. The molecule has 4 aromatic heterocycles. The Kier molecular flexibility index (Phi) is 4.28. The zero-order valence-corrected chi connectivity index (χ0v) is 15.7. The molecule has 0 saturated carbocycles. The summed E-state index contributed by atoms with van der Waals surface area (Å²) < 4.78 is 11.2. The highest BCUT2D eigenvalue weighted by Crippen LogP contribution is 2.30. The van der Waals surface area contributed by atoms with Gasteiger partial charge in [-0.1, -0.05) is 6.07 Å². The van der Waals surface area contributed by atoms with Gasteiger partial charge in [-0.15, -0.1) is 21.5 Å². The summed E-state index contributed by atoms with van der Waals surface area (Å²) in [6.45, 7) is 1.22. The highest BCUT2D eigenvalue weighted by molar-refractivity contribution is 7.13. The molecular formula is C19H17N5O3S. The van der Waals surface area contributed by atoms with Gasteiger partial charge in [0.05, 0.1) is 17.1 Å². The van der Waals surface area contributed by atoms with E-state index >= 15 is 0 Å². The molecule has 4 aromatic rings. The SMILES string of the molecule is O=C(c1cc(-c2ccco2)[nH]n1)N1CCCC(c2nnc(-c3cccs3)o2)C1. The Morgan fingerprint density at radius 1 is 1.29 bits per heavy atom. The van der Waals surface area contributed by atoms with Crippen LogP contribution in [0.25, 0.3) is 22.2 Å². The first-order valence-electron chi connectivity index (χ1n) is 9.04. The number of furan rings is 1. The summed E-state index contributed by atoms with van der Waals surface area (Å²) in [6.07, 6.45) is 3.37. The third-order valence-corrected chi connectivity index (χ3v) is 5.67. The zero-order chi connectivity index (χ0) is 18.9. The first kappa shape index (κ1) is 16.9. The van der Waals surface area contributed by atoms with Crippen LogP contribution in [0.3, 0.4) is 0 Å². The fourth-order valence-electron chi connectivity index (χ4n) is 3.41. The number of piperidine rings is 1. The Balaban J connectivity index is 1.31. The molecule has 1 fully saturated rings. The predicted octanol–water partition coefficient (Wildman–Crippen LogP) is 3.80. The van der Waals surface area contributed by atoms with Crippen LogP contribution in [0.15, 0.2) is 50.8 Å². The molecule has 9 heteroatoms. The maximum absolute atomic E-state index is 12.9. The Labute approximate surface area is 164 Å². The van der Waals surface area contributed by atoms with E-state index in [-0.39, 0.29) is 11.8 Å². The maximum atomic E-state index is 12.9. The Morgan fingerprint density at radius 3 is 3.07 bits per heavy atom. The summed E-state index contributed by atoms with van der Waals surface area (Å²) in [5.41, 5.74) is 1.05. The van der Waals surface area contributed by atoms with Crippen LogP contribution in [0.5, 0.6) is 0 Å². The van der Waals surface area contributed by atoms with E-state index in [0.29, 0.717) is 42.0 Å². The van der Waals surface area contributed by atoms with Crippen LogP contribution in [0, 0.1) is 0 Å². The first-order valence-corrected chi connectivity index (χ1v) is 9.92. The summed E-state index contributed by atoms with van der Waals surface area (Å²) in [7, 11) is 0. The monoisotopic (exact) mass is 395 g/mol. The number of thiophene rings is 1. The molecule has 1 unspecified atom stereocenters. The number of nitrogens with zero attached hydrogens (tertiary/aromatic N) is 4. The quantitative estimate of drug-likeness (QED) is 0.564. The van der Waals surface area contributed by atoms with E-state index in [9.17, 15) is 4.79 Å². The second-order valence-electron chi connectivity index (χ2n) is 6.66. The van der Waals surface area contributed by atoms with E-state index in [1.807, 2.05) is 23.6 Å². The number of likely N-dealkylation sites (tertiary alicyclic amines) is 1. The van der Waals surface area contributed by atoms with Crippen molar-refractivity contribution in [1.29, 1.82) is 0 Å². The molecule has 28 heavy (non-hydrogen) atoms. The Morgan fingerprint density at radius 2 is 2.25 bits per heavy atom. The molecule has 0 aliphatic carbocycles. The van der Waals surface area contributed by atoms with Crippen molar-refractivity contribution in [2.75, 3.05) is 13.1 Å². The number of aromatic amines is 1. The number of amides is 1. The molecule has 0 bridgehead atoms. The van der Waals surface area contributed by atoms with Crippen LogP contribution in [0.1, 0.15) is 35.1 Å². The lowest BCUT2D eigenvalue weighted by Gasteiger charge is -2.30. The molecule has 1 atom stereocenters. The molecule has 1 aliphatic rings. The van der Waals surface area contributed by atoms with Crippen LogP contribution >= 0.6 is 11.3 Å². The van der Waals surface area contributed by atoms with Crippen molar-refractivity contribution in [3.8, 4) is 22.2 Å². The molecule has 8 nitrogen and oxygen atoms in total. The van der Waals surface area contributed by atoms with Gasteiger partial charge in [0.25, 0.3) is 11.8 Å². The summed E-state index contributed by atoms with van der Waals surface area (Å²) in [5, 5.41) is 17.4. The van der Waals surface area contributed by atoms with Gasteiger partial charge in [0, 0.05) is 19.2 Å². The number of carbonyl (C=O) groups is 1. The zero-order valence-electron chi connectivity index (χ0n) is 14.9. The van der Waals surface area contributed by atoms with Gasteiger partial charge in [0.15, 0.2) is 11.5 Å². The number of nitrogens with one attached hydrogen (secondary N) is 1. The van der Waals surface area contributed by atoms with E-state index in [1.165, 1.54) is 0 Å². The standard InChI is InChI=1S/C19H17N5O3S/c25-19(14-10-13(20-21-14)15-5-2-8-26-15)24-7-1-4-12(11-24)17-22-23-18(27-17)16-6-3-9-28-16/h2-3,5-6,8-10,12H,1,4,7,11H2,(H,20,21). The average molecular weight is 395 g/mol. The van der Waals surface area contributed by atoms with E-state index in [2.05, 4.69) is 20.4 Å². The molecule has 1 N–H and O–H groups in total. The van der Waals surface area contributed by atoms with Gasteiger partial charge in [0.1, 0.15) is 5.69 Å². The van der Waals surface area contributed by atoms with Crippen molar-refractivity contribution in [3.63, 3.8) is 0 Å². The summed E-state index contributed by atoms with van der Waals surface area (Å²) in [6, 6.07) is 9.23. The number of hydrogen-bond acceptors (Lipinski definition) is 7. The summed E-state index contributed by atoms with van der Waals surface area (Å²) >= 11 is 1.56. The smallest absolute Gasteiger partial charge is 0.274 e. The molecule has 5 heterocycles. The lowest BCUT2D eigenvalue weighted by molar-refractivity contribution is 0.0692. The van der Waals surface area contributed by atoms with Crippen LogP contribution in [-0.4, -0.2) is 44.3 Å². The molecule has 142 valence electrons. The second kappa shape index (κ2) is 7.08. The molecule has 1 aliphatic heterocycles. The van der Waals surface area contributed by atoms with Crippen LogP contribution in [-0.2, 0) is 0 Å². The lowest BCUT2D eigenvalue weighted by atomic mass is 9.98. The maximum Gasteiger partial charge on any atom is 0.274 e. The van der Waals surface area contributed by atoms with Gasteiger partial charge in [-0.2, -0.15) is 5.10 Å². The predicted molar refractivity (Wildman–Crippen MR) is 102 cm³/mol. The van der Waals surface area contributed by atoms with E-state index < -0.39 is 0 Å². The van der Waals surface area contributed by atoms with Gasteiger partial charge in [-0.3, -0.25) is 9.89 Å². The van der Waals surface area contributed by atoms with Crippen LogP contribution in [0.4, 0.5) is 0 Å². The highest BCUT2D eigenvalue weighted by Gasteiger charge is 2.30. The van der Waals surface area contributed by atoms with Gasteiger partial charge >= 0.3 is 0 Å².